The molecule has 1 saturated carbocycles. The first kappa shape index (κ1) is 12.1. The van der Waals surface area contributed by atoms with Crippen LogP contribution in [0.5, 0.6) is 0 Å². The summed E-state index contributed by atoms with van der Waals surface area (Å²) in [7, 11) is 0. The molecule has 16 heavy (non-hydrogen) atoms. The molecule has 0 aromatic rings. The first-order valence-corrected chi connectivity index (χ1v) is 6.80. The maximum absolute atomic E-state index is 3.65. The molecule has 0 aromatic heterocycles. The second kappa shape index (κ2) is 5.33. The lowest BCUT2D eigenvalue weighted by Gasteiger charge is -2.35. The van der Waals surface area contributed by atoms with Crippen LogP contribution in [0.15, 0.2) is 11.6 Å². The van der Waals surface area contributed by atoms with Crippen LogP contribution in [0.3, 0.4) is 0 Å². The van der Waals surface area contributed by atoms with Crippen LogP contribution in [0.1, 0.15) is 40.0 Å². The summed E-state index contributed by atoms with van der Waals surface area (Å²) in [5.74, 6) is 0.756. The molecular weight excluding hydrogens is 196 g/mol. The number of nitrogens with one attached hydrogen (secondary N) is 1. The Morgan fingerprint density at radius 3 is 2.81 bits per heavy atom. The van der Waals surface area contributed by atoms with Gasteiger partial charge < -0.3 is 5.32 Å². The highest BCUT2D eigenvalue weighted by molar-refractivity contribution is 5.05. The molecule has 1 N–H and O–H groups in total. The zero-order valence-electron chi connectivity index (χ0n) is 11.0. The van der Waals surface area contributed by atoms with Crippen molar-refractivity contribution in [3.8, 4) is 0 Å². The molecule has 0 bridgehead atoms. The van der Waals surface area contributed by atoms with Crippen LogP contribution in [-0.2, 0) is 0 Å². The number of nitrogens with zero attached hydrogens (tertiary/aromatic N) is 1. The summed E-state index contributed by atoms with van der Waals surface area (Å²) >= 11 is 0. The lowest BCUT2D eigenvalue weighted by molar-refractivity contribution is 0.168. The molecule has 1 fully saturated rings. The second-order valence-corrected chi connectivity index (χ2v) is 5.71. The molecule has 0 aromatic carbocycles. The monoisotopic (exact) mass is 222 g/mol. The molecule has 0 saturated heterocycles. The zero-order valence-corrected chi connectivity index (χ0v) is 11.0. The Hall–Kier alpha value is -0.340. The van der Waals surface area contributed by atoms with Gasteiger partial charge in [-0.1, -0.05) is 18.6 Å². The van der Waals surface area contributed by atoms with Gasteiger partial charge in [-0.3, -0.25) is 4.90 Å². The minimum Gasteiger partial charge on any atom is -0.314 e. The van der Waals surface area contributed by atoms with Gasteiger partial charge in [0.25, 0.3) is 0 Å². The summed E-state index contributed by atoms with van der Waals surface area (Å²) in [4.78, 5) is 2.63. The van der Waals surface area contributed by atoms with E-state index in [1.54, 1.807) is 5.57 Å². The van der Waals surface area contributed by atoms with Crippen molar-refractivity contribution in [2.24, 2.45) is 5.92 Å². The number of rotatable bonds is 5. The van der Waals surface area contributed by atoms with Crippen molar-refractivity contribution in [2.75, 3.05) is 19.6 Å². The van der Waals surface area contributed by atoms with Gasteiger partial charge in [0, 0.05) is 25.2 Å². The van der Waals surface area contributed by atoms with Gasteiger partial charge >= 0.3 is 0 Å². The van der Waals surface area contributed by atoms with Crippen LogP contribution in [-0.4, -0.2) is 36.6 Å². The molecule has 0 amide bonds. The molecule has 1 aliphatic carbocycles. The van der Waals surface area contributed by atoms with Crippen molar-refractivity contribution in [2.45, 2.75) is 52.1 Å². The van der Waals surface area contributed by atoms with E-state index >= 15 is 0 Å². The summed E-state index contributed by atoms with van der Waals surface area (Å²) < 4.78 is 0. The van der Waals surface area contributed by atoms with E-state index in [-0.39, 0.29) is 0 Å². The average Bonchev–Trinajstić information content (AvgIpc) is 3.08. The Kier molecular flexibility index (Phi) is 4.04. The van der Waals surface area contributed by atoms with E-state index in [1.165, 1.54) is 38.9 Å². The maximum Gasteiger partial charge on any atom is 0.0193 e. The van der Waals surface area contributed by atoms with Gasteiger partial charge in [-0.2, -0.15) is 0 Å². The molecule has 0 spiro atoms. The summed E-state index contributed by atoms with van der Waals surface area (Å²) in [5, 5.41) is 3.65. The standard InChI is InChI=1S/C14H26N2/c1-11-5-4-8-16(10-11)13(3)12(2)9-15-14-6-7-14/h5,12-15H,4,6-10H2,1-3H3. The predicted octanol–water partition coefficient (Wildman–Crippen LogP) is 2.42. The summed E-state index contributed by atoms with van der Waals surface area (Å²) in [6.45, 7) is 10.6. The molecular formula is C14H26N2. The highest BCUT2D eigenvalue weighted by atomic mass is 15.2. The molecule has 2 rings (SSSR count). The molecule has 1 aliphatic heterocycles. The van der Waals surface area contributed by atoms with E-state index in [0.29, 0.717) is 6.04 Å². The third kappa shape index (κ3) is 3.33. The van der Waals surface area contributed by atoms with E-state index in [2.05, 4.69) is 37.1 Å². The minimum atomic E-state index is 0.704. The van der Waals surface area contributed by atoms with E-state index < -0.39 is 0 Å². The van der Waals surface area contributed by atoms with Crippen molar-refractivity contribution in [1.82, 2.24) is 10.2 Å². The normalized spacial score (nSPS) is 26.3. The van der Waals surface area contributed by atoms with Crippen LogP contribution in [0.25, 0.3) is 0 Å². The lowest BCUT2D eigenvalue weighted by Crippen LogP contribution is -2.43. The second-order valence-electron chi connectivity index (χ2n) is 5.71. The van der Waals surface area contributed by atoms with Crippen LogP contribution >= 0.6 is 0 Å². The molecule has 2 nitrogen and oxygen atoms in total. The minimum absolute atomic E-state index is 0.704. The molecule has 2 aliphatic rings. The van der Waals surface area contributed by atoms with Gasteiger partial charge in [0.05, 0.1) is 0 Å². The lowest BCUT2D eigenvalue weighted by atomic mass is 9.99. The first-order valence-electron chi connectivity index (χ1n) is 6.80. The molecule has 2 heteroatoms. The highest BCUT2D eigenvalue weighted by Gasteiger charge is 2.25. The van der Waals surface area contributed by atoms with E-state index in [0.717, 1.165) is 12.0 Å². The van der Waals surface area contributed by atoms with Crippen LogP contribution < -0.4 is 5.32 Å². The topological polar surface area (TPSA) is 15.3 Å². The quantitative estimate of drug-likeness (QED) is 0.719. The molecule has 0 radical (unpaired) electrons. The predicted molar refractivity (Wildman–Crippen MR) is 69.6 cm³/mol. The van der Waals surface area contributed by atoms with Gasteiger partial charge in [0.15, 0.2) is 0 Å². The van der Waals surface area contributed by atoms with E-state index in [1.807, 2.05) is 0 Å². The summed E-state index contributed by atoms with van der Waals surface area (Å²) in [6, 6.07) is 1.55. The van der Waals surface area contributed by atoms with Crippen molar-refractivity contribution in [3.05, 3.63) is 11.6 Å². The zero-order chi connectivity index (χ0) is 11.5. The molecule has 2 atom stereocenters. The number of hydrogen-bond acceptors (Lipinski definition) is 2. The van der Waals surface area contributed by atoms with Gasteiger partial charge in [-0.25, -0.2) is 0 Å². The van der Waals surface area contributed by atoms with E-state index in [9.17, 15) is 0 Å². The van der Waals surface area contributed by atoms with Gasteiger partial charge in [-0.15, -0.1) is 0 Å². The van der Waals surface area contributed by atoms with Gasteiger partial charge in [0.1, 0.15) is 0 Å². The third-order valence-corrected chi connectivity index (χ3v) is 4.07. The largest absolute Gasteiger partial charge is 0.314 e. The Morgan fingerprint density at radius 2 is 2.19 bits per heavy atom. The number of hydrogen-bond donors (Lipinski definition) is 1. The van der Waals surface area contributed by atoms with Crippen molar-refractivity contribution < 1.29 is 0 Å². The third-order valence-electron chi connectivity index (χ3n) is 4.07. The van der Waals surface area contributed by atoms with Crippen LogP contribution in [0.2, 0.25) is 0 Å². The molecule has 1 heterocycles. The fourth-order valence-corrected chi connectivity index (χ4v) is 2.46. The fraction of sp³-hybridized carbons (Fsp3) is 0.857. The van der Waals surface area contributed by atoms with Crippen molar-refractivity contribution >= 4 is 0 Å². The van der Waals surface area contributed by atoms with Gasteiger partial charge in [0.2, 0.25) is 0 Å². The maximum atomic E-state index is 3.65. The highest BCUT2D eigenvalue weighted by Crippen LogP contribution is 2.21. The summed E-state index contributed by atoms with van der Waals surface area (Å²) in [5.41, 5.74) is 1.54. The Morgan fingerprint density at radius 1 is 1.44 bits per heavy atom. The van der Waals surface area contributed by atoms with Crippen LogP contribution in [0, 0.1) is 5.92 Å². The molecule has 92 valence electrons. The van der Waals surface area contributed by atoms with Crippen LogP contribution in [0.4, 0.5) is 0 Å². The Labute approximate surface area is 100 Å². The Bertz CT molecular complexity index is 255. The van der Waals surface area contributed by atoms with Crippen molar-refractivity contribution in [3.63, 3.8) is 0 Å². The van der Waals surface area contributed by atoms with Gasteiger partial charge in [-0.05, 0) is 45.6 Å². The Balaban J connectivity index is 1.76. The average molecular weight is 222 g/mol. The summed E-state index contributed by atoms with van der Waals surface area (Å²) in [6.07, 6.45) is 6.41. The smallest absolute Gasteiger partial charge is 0.0193 e. The SMILES string of the molecule is CC1=CCCN(C(C)C(C)CNC2CC2)C1. The van der Waals surface area contributed by atoms with Crippen molar-refractivity contribution in [1.29, 1.82) is 0 Å². The first-order chi connectivity index (χ1) is 7.66. The molecule has 2 unspecified atom stereocenters. The van der Waals surface area contributed by atoms with E-state index in [4.69, 9.17) is 0 Å². The fourth-order valence-electron chi connectivity index (χ4n) is 2.46.